The fourth-order valence-electron chi connectivity index (χ4n) is 1.89. The molecule has 0 amide bonds. The van der Waals surface area contributed by atoms with E-state index < -0.39 is 0 Å². The fourth-order valence-corrected chi connectivity index (χ4v) is 1.89. The Kier molecular flexibility index (Phi) is 5.66. The second-order valence-corrected chi connectivity index (χ2v) is 4.78. The number of carbonyl (C=O) groups is 1. The number of nitrogens with two attached hydrogens (primary N) is 1. The molecule has 0 radical (unpaired) electrons. The zero-order chi connectivity index (χ0) is 14.4. The monoisotopic (exact) mass is 262 g/mol. The molecule has 5 heteroatoms. The molecule has 1 aromatic heterocycles. The van der Waals surface area contributed by atoms with E-state index >= 15 is 0 Å². The Bertz CT molecular complexity index is 469. The molecule has 5 nitrogen and oxygen atoms in total. The minimum Gasteiger partial charge on any atom is -0.360 e. The topological polar surface area (TPSA) is 62.5 Å². The van der Waals surface area contributed by atoms with E-state index in [1.807, 2.05) is 50.0 Å². The van der Waals surface area contributed by atoms with Gasteiger partial charge in [-0.15, -0.1) is 0 Å². The first-order valence-corrected chi connectivity index (χ1v) is 6.18. The minimum atomic E-state index is 0.388. The van der Waals surface area contributed by atoms with E-state index in [0.29, 0.717) is 13.2 Å². The maximum absolute atomic E-state index is 10.9. The van der Waals surface area contributed by atoms with Gasteiger partial charge in [0.15, 0.2) is 0 Å². The van der Waals surface area contributed by atoms with E-state index in [1.165, 1.54) is 0 Å². The molecule has 0 aliphatic carbocycles. The number of aromatic nitrogens is 1. The quantitative estimate of drug-likeness (QED) is 0.467. The van der Waals surface area contributed by atoms with Gasteiger partial charge >= 0.3 is 0 Å². The lowest BCUT2D eigenvalue weighted by Crippen LogP contribution is -2.30. The average Bonchev–Trinajstić information content (AvgIpc) is 2.36. The maximum Gasteiger partial charge on any atom is 0.144 e. The minimum absolute atomic E-state index is 0.388. The van der Waals surface area contributed by atoms with Crippen LogP contribution in [0.3, 0.4) is 0 Å². The van der Waals surface area contributed by atoms with Gasteiger partial charge in [0.1, 0.15) is 6.29 Å². The molecule has 0 saturated heterocycles. The number of aldehydes is 1. The molecule has 0 spiro atoms. The molecule has 1 heterocycles. The summed E-state index contributed by atoms with van der Waals surface area (Å²) in [5.41, 5.74) is 9.07. The fraction of sp³-hybridized carbons (Fsp3) is 0.429. The van der Waals surface area contributed by atoms with E-state index in [-0.39, 0.29) is 0 Å². The maximum atomic E-state index is 10.9. The van der Waals surface area contributed by atoms with Crippen LogP contribution in [0.15, 0.2) is 18.2 Å². The van der Waals surface area contributed by atoms with E-state index in [9.17, 15) is 4.79 Å². The van der Waals surface area contributed by atoms with Crippen molar-refractivity contribution in [3.05, 3.63) is 35.2 Å². The number of allylic oxidation sites excluding steroid dienone is 1. The zero-order valence-electron chi connectivity index (χ0n) is 12.1. The van der Waals surface area contributed by atoms with Crippen LogP contribution < -0.4 is 5.73 Å². The van der Waals surface area contributed by atoms with E-state index in [4.69, 9.17) is 5.73 Å². The van der Waals surface area contributed by atoms with Crippen molar-refractivity contribution in [3.8, 4) is 0 Å². The third kappa shape index (κ3) is 4.15. The van der Waals surface area contributed by atoms with Gasteiger partial charge in [-0.2, -0.15) is 0 Å². The highest BCUT2D eigenvalue weighted by atomic mass is 16.1. The predicted molar refractivity (Wildman–Crippen MR) is 77.2 cm³/mol. The lowest BCUT2D eigenvalue weighted by Gasteiger charge is -2.26. The molecule has 0 atom stereocenters. The van der Waals surface area contributed by atoms with Gasteiger partial charge in [-0.25, -0.2) is 4.98 Å². The molecule has 2 N–H and O–H groups in total. The van der Waals surface area contributed by atoms with Crippen LogP contribution in [0.25, 0.3) is 5.70 Å². The molecular formula is C14H22N4O. The first kappa shape index (κ1) is 15.3. The Hall–Kier alpha value is -1.72. The summed E-state index contributed by atoms with van der Waals surface area (Å²) in [6.45, 7) is 3.07. The summed E-state index contributed by atoms with van der Waals surface area (Å²) in [7, 11) is 5.89. The summed E-state index contributed by atoms with van der Waals surface area (Å²) in [6, 6.07) is 3.88. The highest BCUT2D eigenvalue weighted by Gasteiger charge is 2.13. The second kappa shape index (κ2) is 7.01. The van der Waals surface area contributed by atoms with Crippen molar-refractivity contribution in [2.24, 2.45) is 5.73 Å². The lowest BCUT2D eigenvalue weighted by atomic mass is 10.1. The van der Waals surface area contributed by atoms with Crippen LogP contribution in [-0.2, 0) is 11.3 Å². The second-order valence-electron chi connectivity index (χ2n) is 4.78. The van der Waals surface area contributed by atoms with Gasteiger partial charge in [0.2, 0.25) is 0 Å². The Morgan fingerprint density at radius 3 is 2.58 bits per heavy atom. The van der Waals surface area contributed by atoms with Crippen LogP contribution in [0, 0.1) is 6.92 Å². The predicted octanol–water partition coefficient (Wildman–Crippen LogP) is 0.839. The van der Waals surface area contributed by atoms with Crippen LogP contribution in [-0.4, -0.2) is 48.9 Å². The number of aryl methyl sites for hydroxylation is 1. The zero-order valence-corrected chi connectivity index (χ0v) is 12.1. The van der Waals surface area contributed by atoms with Crippen LogP contribution >= 0.6 is 0 Å². The molecule has 0 aliphatic rings. The van der Waals surface area contributed by atoms with Crippen molar-refractivity contribution in [3.63, 3.8) is 0 Å². The van der Waals surface area contributed by atoms with Gasteiger partial charge in [-0.1, -0.05) is 6.07 Å². The Labute approximate surface area is 114 Å². The van der Waals surface area contributed by atoms with Gasteiger partial charge in [-0.05, 0) is 32.6 Å². The van der Waals surface area contributed by atoms with Crippen LogP contribution in [0.1, 0.15) is 17.0 Å². The average molecular weight is 262 g/mol. The van der Waals surface area contributed by atoms with Crippen LogP contribution in [0.5, 0.6) is 0 Å². The lowest BCUT2D eigenvalue weighted by molar-refractivity contribution is -0.104. The Balaban J connectivity index is 3.19. The third-order valence-electron chi connectivity index (χ3n) is 2.74. The SMILES string of the molecule is Cc1ccc(CN)nc1/C(=C\C=O)N(C)CN(C)C. The molecule has 19 heavy (non-hydrogen) atoms. The largest absolute Gasteiger partial charge is 0.360 e. The summed E-state index contributed by atoms with van der Waals surface area (Å²) in [4.78, 5) is 19.4. The number of hydrogen-bond acceptors (Lipinski definition) is 5. The summed E-state index contributed by atoms with van der Waals surface area (Å²) in [6.07, 6.45) is 2.33. The van der Waals surface area contributed by atoms with Crippen LogP contribution in [0.2, 0.25) is 0 Å². The highest BCUT2D eigenvalue weighted by molar-refractivity contribution is 5.80. The molecule has 0 fully saturated rings. The van der Waals surface area contributed by atoms with Crippen molar-refractivity contribution in [2.75, 3.05) is 27.8 Å². The standard InChI is InChI=1S/C14H22N4O/c1-11-5-6-12(9-15)16-14(11)13(7-8-19)18(4)10-17(2)3/h5-8H,9-10,15H2,1-4H3/b13-7+. The molecule has 0 aromatic carbocycles. The molecule has 0 unspecified atom stereocenters. The molecular weight excluding hydrogens is 240 g/mol. The molecule has 0 saturated carbocycles. The number of rotatable bonds is 6. The molecule has 0 aliphatic heterocycles. The summed E-state index contributed by atoms with van der Waals surface area (Å²) in [5.74, 6) is 0. The van der Waals surface area contributed by atoms with Gasteiger partial charge in [0.25, 0.3) is 0 Å². The normalized spacial score (nSPS) is 11.8. The smallest absolute Gasteiger partial charge is 0.144 e. The third-order valence-corrected chi connectivity index (χ3v) is 2.74. The Morgan fingerprint density at radius 2 is 2.05 bits per heavy atom. The van der Waals surface area contributed by atoms with Crippen molar-refractivity contribution in [2.45, 2.75) is 13.5 Å². The number of hydrogen-bond donors (Lipinski definition) is 1. The molecule has 1 aromatic rings. The van der Waals surface area contributed by atoms with Crippen molar-refractivity contribution in [1.82, 2.24) is 14.8 Å². The first-order chi connectivity index (χ1) is 8.99. The molecule has 1 rings (SSSR count). The van der Waals surface area contributed by atoms with Gasteiger partial charge in [0, 0.05) is 19.7 Å². The number of nitrogens with zero attached hydrogens (tertiary/aromatic N) is 3. The van der Waals surface area contributed by atoms with Crippen molar-refractivity contribution in [1.29, 1.82) is 0 Å². The van der Waals surface area contributed by atoms with Crippen molar-refractivity contribution >= 4 is 12.0 Å². The van der Waals surface area contributed by atoms with E-state index in [1.54, 1.807) is 6.08 Å². The van der Waals surface area contributed by atoms with Crippen molar-refractivity contribution < 1.29 is 4.79 Å². The molecule has 0 bridgehead atoms. The molecule has 104 valence electrons. The van der Waals surface area contributed by atoms with Gasteiger partial charge in [-0.3, -0.25) is 9.69 Å². The summed E-state index contributed by atoms with van der Waals surface area (Å²) < 4.78 is 0. The number of pyridine rings is 1. The van der Waals surface area contributed by atoms with Crippen LogP contribution in [0.4, 0.5) is 0 Å². The number of carbonyl (C=O) groups excluding carboxylic acids is 1. The van der Waals surface area contributed by atoms with E-state index in [0.717, 1.165) is 28.9 Å². The van der Waals surface area contributed by atoms with Gasteiger partial charge in [0.05, 0.1) is 23.8 Å². The summed E-state index contributed by atoms with van der Waals surface area (Å²) in [5, 5.41) is 0. The van der Waals surface area contributed by atoms with Gasteiger partial charge < -0.3 is 10.6 Å². The Morgan fingerprint density at radius 1 is 1.37 bits per heavy atom. The summed E-state index contributed by atoms with van der Waals surface area (Å²) >= 11 is 0. The highest BCUT2D eigenvalue weighted by Crippen LogP contribution is 2.19. The van der Waals surface area contributed by atoms with E-state index in [2.05, 4.69) is 4.98 Å². The first-order valence-electron chi connectivity index (χ1n) is 6.18.